The minimum absolute atomic E-state index is 0.160. The van der Waals surface area contributed by atoms with Crippen LogP contribution in [0.25, 0.3) is 0 Å². The van der Waals surface area contributed by atoms with Crippen LogP contribution in [0.3, 0.4) is 0 Å². The van der Waals surface area contributed by atoms with E-state index in [0.29, 0.717) is 25.9 Å². The molecule has 0 spiro atoms. The van der Waals surface area contributed by atoms with E-state index in [1.807, 2.05) is 48.5 Å². The normalized spacial score (nSPS) is 10.1. The van der Waals surface area contributed by atoms with Gasteiger partial charge in [0.2, 0.25) is 0 Å². The second kappa shape index (κ2) is 13.9. The summed E-state index contributed by atoms with van der Waals surface area (Å²) in [6, 6.07) is 15.9. The molecule has 3 N–H and O–H groups in total. The van der Waals surface area contributed by atoms with Gasteiger partial charge in [0.05, 0.1) is 6.61 Å². The second-order valence-electron chi connectivity index (χ2n) is 6.15. The Morgan fingerprint density at radius 3 is 1.44 bits per heavy atom. The van der Waals surface area contributed by atoms with E-state index in [-0.39, 0.29) is 25.8 Å². The van der Waals surface area contributed by atoms with Crippen molar-refractivity contribution in [2.75, 3.05) is 26.4 Å². The monoisotopic (exact) mass is 374 g/mol. The summed E-state index contributed by atoms with van der Waals surface area (Å²) < 4.78 is 4.86. The molecule has 148 valence electrons. The van der Waals surface area contributed by atoms with Gasteiger partial charge in [-0.05, 0) is 41.5 Å². The van der Waals surface area contributed by atoms with E-state index in [4.69, 9.17) is 20.1 Å². The van der Waals surface area contributed by atoms with Crippen LogP contribution in [-0.2, 0) is 35.2 Å². The van der Waals surface area contributed by atoms with Gasteiger partial charge in [-0.2, -0.15) is 0 Å². The van der Waals surface area contributed by atoms with Crippen molar-refractivity contribution in [3.63, 3.8) is 0 Å². The van der Waals surface area contributed by atoms with Crippen LogP contribution < -0.4 is 0 Å². The second-order valence-corrected chi connectivity index (χ2v) is 6.15. The molecule has 2 aromatic carbocycles. The Kier molecular flexibility index (Phi) is 11.8. The zero-order valence-electron chi connectivity index (χ0n) is 15.9. The van der Waals surface area contributed by atoms with Crippen LogP contribution in [0.15, 0.2) is 48.5 Å². The molecule has 27 heavy (non-hydrogen) atoms. The molecule has 2 aromatic rings. The number of aliphatic hydroxyl groups excluding tert-OH is 3. The van der Waals surface area contributed by atoms with Crippen molar-refractivity contribution in [2.24, 2.45) is 0 Å². The molecule has 0 fully saturated rings. The van der Waals surface area contributed by atoms with Gasteiger partial charge in [-0.15, -0.1) is 0 Å². The first kappa shape index (κ1) is 22.8. The van der Waals surface area contributed by atoms with Crippen molar-refractivity contribution in [1.29, 1.82) is 0 Å². The summed E-state index contributed by atoms with van der Waals surface area (Å²) in [7, 11) is 0. The summed E-state index contributed by atoms with van der Waals surface area (Å²) in [6.45, 7) is 2.35. The van der Waals surface area contributed by atoms with E-state index < -0.39 is 0 Å². The summed E-state index contributed by atoms with van der Waals surface area (Å²) in [4.78, 5) is 10.5. The topological polar surface area (TPSA) is 87.0 Å². The number of aliphatic hydroxyl groups is 3. The van der Waals surface area contributed by atoms with Gasteiger partial charge < -0.3 is 20.1 Å². The SMILES string of the molecule is CC(=O)OCCc1cccc(CCO)c1.OCCc1cccc(CCO)c1. The Morgan fingerprint density at radius 1 is 0.741 bits per heavy atom. The minimum atomic E-state index is -0.249. The lowest BCUT2D eigenvalue weighted by Crippen LogP contribution is -2.03. The lowest BCUT2D eigenvalue weighted by atomic mass is 10.1. The smallest absolute Gasteiger partial charge is 0.302 e. The van der Waals surface area contributed by atoms with Crippen molar-refractivity contribution in [2.45, 2.75) is 32.6 Å². The molecule has 0 atom stereocenters. The van der Waals surface area contributed by atoms with Crippen molar-refractivity contribution < 1.29 is 24.9 Å². The Labute approximate surface area is 161 Å². The molecule has 0 saturated carbocycles. The van der Waals surface area contributed by atoms with Crippen LogP contribution >= 0.6 is 0 Å². The van der Waals surface area contributed by atoms with E-state index in [0.717, 1.165) is 28.7 Å². The van der Waals surface area contributed by atoms with Crippen molar-refractivity contribution >= 4 is 5.97 Å². The number of hydrogen-bond donors (Lipinski definition) is 3. The first-order valence-electron chi connectivity index (χ1n) is 9.20. The molecule has 5 heteroatoms. The summed E-state index contributed by atoms with van der Waals surface area (Å²) in [5.41, 5.74) is 4.49. The summed E-state index contributed by atoms with van der Waals surface area (Å²) >= 11 is 0. The molecule has 0 aromatic heterocycles. The van der Waals surface area contributed by atoms with Gasteiger partial charge in [0.1, 0.15) is 0 Å². The van der Waals surface area contributed by atoms with E-state index >= 15 is 0 Å². The third-order valence-electron chi connectivity index (χ3n) is 3.88. The highest BCUT2D eigenvalue weighted by atomic mass is 16.5. The van der Waals surface area contributed by atoms with Gasteiger partial charge in [-0.3, -0.25) is 4.79 Å². The van der Waals surface area contributed by atoms with E-state index in [1.165, 1.54) is 6.92 Å². The van der Waals surface area contributed by atoms with E-state index in [9.17, 15) is 4.79 Å². The fourth-order valence-electron chi connectivity index (χ4n) is 2.58. The molecule has 0 aliphatic heterocycles. The fourth-order valence-corrected chi connectivity index (χ4v) is 2.58. The number of carbonyl (C=O) groups excluding carboxylic acids is 1. The Balaban J connectivity index is 0.000000277. The molecule has 0 aliphatic rings. The van der Waals surface area contributed by atoms with Gasteiger partial charge in [0.25, 0.3) is 0 Å². The quantitative estimate of drug-likeness (QED) is 0.585. The number of hydrogen-bond acceptors (Lipinski definition) is 5. The van der Waals surface area contributed by atoms with Crippen LogP contribution in [0.1, 0.15) is 29.2 Å². The number of esters is 1. The molecule has 0 unspecified atom stereocenters. The summed E-state index contributed by atoms with van der Waals surface area (Å²) in [5.74, 6) is -0.249. The summed E-state index contributed by atoms with van der Waals surface area (Å²) in [5, 5.41) is 26.2. The minimum Gasteiger partial charge on any atom is -0.466 e. The highest BCUT2D eigenvalue weighted by Gasteiger charge is 1.98. The highest BCUT2D eigenvalue weighted by molar-refractivity contribution is 5.65. The third-order valence-corrected chi connectivity index (χ3v) is 3.88. The molecule has 2 rings (SSSR count). The molecular weight excluding hydrogens is 344 g/mol. The first-order valence-corrected chi connectivity index (χ1v) is 9.20. The molecule has 5 nitrogen and oxygen atoms in total. The van der Waals surface area contributed by atoms with Crippen LogP contribution in [0.5, 0.6) is 0 Å². The van der Waals surface area contributed by atoms with Gasteiger partial charge in [-0.25, -0.2) is 0 Å². The van der Waals surface area contributed by atoms with Gasteiger partial charge in [-0.1, -0.05) is 48.5 Å². The maximum Gasteiger partial charge on any atom is 0.302 e. The average molecular weight is 374 g/mol. The number of rotatable bonds is 9. The zero-order valence-corrected chi connectivity index (χ0v) is 15.9. The predicted octanol–water partition coefficient (Wildman–Crippen LogP) is 2.08. The molecule has 0 radical (unpaired) electrons. The number of carbonyl (C=O) groups is 1. The lowest BCUT2D eigenvalue weighted by molar-refractivity contribution is -0.140. The third kappa shape index (κ3) is 10.5. The van der Waals surface area contributed by atoms with Crippen LogP contribution in [0.2, 0.25) is 0 Å². The molecule has 0 heterocycles. The first-order chi connectivity index (χ1) is 13.1. The standard InChI is InChI=1S/C12H16O3.C10H14O2/c1-10(14)15-8-6-12-4-2-3-11(9-12)5-7-13;11-6-4-9-2-1-3-10(8-9)5-7-12/h2-4,9,13H,5-8H2,1H3;1-3,8,11-12H,4-7H2. The largest absolute Gasteiger partial charge is 0.466 e. The van der Waals surface area contributed by atoms with Gasteiger partial charge >= 0.3 is 5.97 Å². The lowest BCUT2D eigenvalue weighted by Gasteiger charge is -2.04. The van der Waals surface area contributed by atoms with Gasteiger partial charge in [0, 0.05) is 33.2 Å². The average Bonchev–Trinajstić information content (AvgIpc) is 2.64. The molecular formula is C22H30O5. The van der Waals surface area contributed by atoms with Gasteiger partial charge in [0.15, 0.2) is 0 Å². The molecule has 0 amide bonds. The van der Waals surface area contributed by atoms with Crippen LogP contribution in [0, 0.1) is 0 Å². The Bertz CT molecular complexity index is 648. The van der Waals surface area contributed by atoms with E-state index in [2.05, 4.69) is 0 Å². The molecule has 0 bridgehead atoms. The Hall–Kier alpha value is -2.21. The zero-order chi connectivity index (χ0) is 19.9. The highest BCUT2D eigenvalue weighted by Crippen LogP contribution is 2.07. The van der Waals surface area contributed by atoms with Crippen molar-refractivity contribution in [3.8, 4) is 0 Å². The summed E-state index contributed by atoms with van der Waals surface area (Å²) in [6.07, 6.45) is 2.78. The fraction of sp³-hybridized carbons (Fsp3) is 0.409. The number of benzene rings is 2. The van der Waals surface area contributed by atoms with Crippen molar-refractivity contribution in [1.82, 2.24) is 0 Å². The number of ether oxygens (including phenoxy) is 1. The molecule has 0 aliphatic carbocycles. The van der Waals surface area contributed by atoms with Crippen molar-refractivity contribution in [3.05, 3.63) is 70.8 Å². The maximum absolute atomic E-state index is 10.5. The predicted molar refractivity (Wildman–Crippen MR) is 106 cm³/mol. The van der Waals surface area contributed by atoms with Crippen LogP contribution in [0.4, 0.5) is 0 Å². The Morgan fingerprint density at radius 2 is 1.11 bits per heavy atom. The van der Waals surface area contributed by atoms with Crippen LogP contribution in [-0.4, -0.2) is 47.7 Å². The van der Waals surface area contributed by atoms with E-state index in [1.54, 1.807) is 0 Å². The maximum atomic E-state index is 10.5. The molecule has 0 saturated heterocycles.